The Morgan fingerprint density at radius 2 is 2.26 bits per heavy atom. The lowest BCUT2D eigenvalue weighted by Crippen LogP contribution is -2.38. The van der Waals surface area contributed by atoms with Crippen LogP contribution in [0.5, 0.6) is 0 Å². The summed E-state index contributed by atoms with van der Waals surface area (Å²) in [4.78, 5) is 18.4. The van der Waals surface area contributed by atoms with Crippen LogP contribution in [0.25, 0.3) is 0 Å². The van der Waals surface area contributed by atoms with Crippen LogP contribution in [0.4, 0.5) is 0 Å². The van der Waals surface area contributed by atoms with Crippen molar-refractivity contribution in [2.24, 2.45) is 11.7 Å². The molecule has 1 fully saturated rings. The summed E-state index contributed by atoms with van der Waals surface area (Å²) in [6.07, 6.45) is 5.40. The number of hydrogen-bond donors (Lipinski definition) is 1. The number of rotatable bonds is 1. The zero-order valence-corrected chi connectivity index (χ0v) is 11.2. The van der Waals surface area contributed by atoms with Crippen molar-refractivity contribution in [2.75, 3.05) is 19.6 Å². The summed E-state index contributed by atoms with van der Waals surface area (Å²) < 4.78 is 0. The van der Waals surface area contributed by atoms with E-state index >= 15 is 0 Å². The highest BCUT2D eigenvalue weighted by molar-refractivity contribution is 5.96. The van der Waals surface area contributed by atoms with E-state index in [1.54, 1.807) is 18.5 Å². The van der Waals surface area contributed by atoms with Crippen molar-refractivity contribution in [3.05, 3.63) is 29.6 Å². The number of carbonyl (C=O) groups excluding carboxylic acids is 1. The number of hydrogen-bond acceptors (Lipinski definition) is 3. The number of amides is 1. The van der Waals surface area contributed by atoms with Crippen LogP contribution in [0.15, 0.2) is 18.5 Å². The van der Waals surface area contributed by atoms with Crippen LogP contribution in [0, 0.1) is 17.8 Å². The minimum Gasteiger partial charge on any atom is -0.339 e. The average Bonchev–Trinajstić information content (AvgIpc) is 2.45. The first-order valence-electron chi connectivity index (χ1n) is 6.64. The number of aromatic nitrogens is 1. The van der Waals surface area contributed by atoms with Gasteiger partial charge in [0.2, 0.25) is 0 Å². The van der Waals surface area contributed by atoms with E-state index in [9.17, 15) is 4.79 Å². The molecule has 0 unspecified atom stereocenters. The monoisotopic (exact) mass is 257 g/mol. The zero-order chi connectivity index (χ0) is 13.7. The largest absolute Gasteiger partial charge is 0.339 e. The summed E-state index contributed by atoms with van der Waals surface area (Å²) in [5.74, 6) is 6.45. The Balaban J connectivity index is 2.19. The molecule has 1 aliphatic heterocycles. The Labute approximate surface area is 114 Å². The Hall–Kier alpha value is -1.86. The van der Waals surface area contributed by atoms with Crippen molar-refractivity contribution in [3.63, 3.8) is 0 Å². The lowest BCUT2D eigenvalue weighted by Gasteiger charge is -2.30. The molecule has 1 aromatic heterocycles. The highest BCUT2D eigenvalue weighted by atomic mass is 16.2. The summed E-state index contributed by atoms with van der Waals surface area (Å²) in [6.45, 7) is 4.16. The second-order valence-corrected chi connectivity index (χ2v) is 4.90. The predicted molar refractivity (Wildman–Crippen MR) is 74.5 cm³/mol. The fourth-order valence-corrected chi connectivity index (χ4v) is 2.21. The van der Waals surface area contributed by atoms with Gasteiger partial charge in [-0.2, -0.15) is 0 Å². The summed E-state index contributed by atoms with van der Waals surface area (Å²) in [5.41, 5.74) is 6.66. The topological polar surface area (TPSA) is 59.2 Å². The van der Waals surface area contributed by atoms with Gasteiger partial charge in [-0.15, -0.1) is 0 Å². The number of nitrogens with zero attached hydrogens (tertiary/aromatic N) is 2. The second kappa shape index (κ2) is 6.35. The van der Waals surface area contributed by atoms with Gasteiger partial charge >= 0.3 is 0 Å². The van der Waals surface area contributed by atoms with Crippen molar-refractivity contribution in [2.45, 2.75) is 19.8 Å². The molecule has 2 N–H and O–H groups in total. The normalized spacial score (nSPS) is 15.8. The minimum atomic E-state index is 0.0515. The highest BCUT2D eigenvalue weighted by Crippen LogP contribution is 2.19. The number of carbonyl (C=O) groups is 1. The van der Waals surface area contributed by atoms with Crippen molar-refractivity contribution in [1.82, 2.24) is 9.88 Å². The molecule has 19 heavy (non-hydrogen) atoms. The Morgan fingerprint density at radius 1 is 1.53 bits per heavy atom. The van der Waals surface area contributed by atoms with Gasteiger partial charge < -0.3 is 10.6 Å². The Kier molecular flexibility index (Phi) is 4.53. The molecular weight excluding hydrogens is 238 g/mol. The first-order chi connectivity index (χ1) is 9.22. The first-order valence-corrected chi connectivity index (χ1v) is 6.64. The van der Waals surface area contributed by atoms with E-state index in [-0.39, 0.29) is 12.5 Å². The molecule has 4 nitrogen and oxygen atoms in total. The third kappa shape index (κ3) is 3.33. The molecule has 1 saturated heterocycles. The zero-order valence-electron chi connectivity index (χ0n) is 11.2. The maximum atomic E-state index is 12.5. The summed E-state index contributed by atoms with van der Waals surface area (Å²) in [7, 11) is 0. The van der Waals surface area contributed by atoms with E-state index in [1.807, 2.05) is 4.90 Å². The van der Waals surface area contributed by atoms with Crippen molar-refractivity contribution in [1.29, 1.82) is 0 Å². The van der Waals surface area contributed by atoms with Gasteiger partial charge in [0.15, 0.2) is 0 Å². The molecule has 4 heteroatoms. The number of nitrogens with two attached hydrogens (primary N) is 1. The van der Waals surface area contributed by atoms with Crippen LogP contribution in [-0.2, 0) is 0 Å². The van der Waals surface area contributed by atoms with E-state index < -0.39 is 0 Å². The van der Waals surface area contributed by atoms with Crippen molar-refractivity contribution >= 4 is 5.91 Å². The molecule has 0 bridgehead atoms. The smallest absolute Gasteiger partial charge is 0.255 e. The quantitative estimate of drug-likeness (QED) is 0.771. The van der Waals surface area contributed by atoms with Crippen LogP contribution >= 0.6 is 0 Å². The Bertz CT molecular complexity index is 508. The van der Waals surface area contributed by atoms with Crippen LogP contribution in [0.2, 0.25) is 0 Å². The van der Waals surface area contributed by atoms with E-state index in [0.29, 0.717) is 17.0 Å². The van der Waals surface area contributed by atoms with Gasteiger partial charge in [0.1, 0.15) is 0 Å². The van der Waals surface area contributed by atoms with Crippen LogP contribution < -0.4 is 5.73 Å². The molecule has 0 spiro atoms. The maximum Gasteiger partial charge on any atom is 0.255 e. The lowest BCUT2D eigenvalue weighted by molar-refractivity contribution is 0.0697. The second-order valence-electron chi connectivity index (χ2n) is 4.90. The molecule has 0 saturated carbocycles. The van der Waals surface area contributed by atoms with Gasteiger partial charge in [0, 0.05) is 25.5 Å². The van der Waals surface area contributed by atoms with Gasteiger partial charge in [-0.1, -0.05) is 18.8 Å². The summed E-state index contributed by atoms with van der Waals surface area (Å²) >= 11 is 0. The fourth-order valence-electron chi connectivity index (χ4n) is 2.21. The first kappa shape index (κ1) is 13.6. The molecule has 2 rings (SSSR count). The SMILES string of the molecule is CC1CCN(C(=O)c2ccncc2C#CCN)CC1. The standard InChI is InChI=1S/C15H19N3O/c1-12-5-9-18(10-6-12)15(19)14-4-8-17-11-13(14)3-2-7-16/h4,8,11-12H,5-7,9-10,16H2,1H3. The molecule has 100 valence electrons. The molecule has 1 aliphatic rings. The third-order valence-corrected chi connectivity index (χ3v) is 3.45. The number of piperidine rings is 1. The Morgan fingerprint density at radius 3 is 2.95 bits per heavy atom. The lowest BCUT2D eigenvalue weighted by atomic mass is 9.98. The van der Waals surface area contributed by atoms with Gasteiger partial charge in [0.05, 0.1) is 17.7 Å². The molecular formula is C15H19N3O. The van der Waals surface area contributed by atoms with Gasteiger partial charge in [-0.05, 0) is 24.8 Å². The van der Waals surface area contributed by atoms with E-state index in [2.05, 4.69) is 23.7 Å². The van der Waals surface area contributed by atoms with Gasteiger partial charge in [0.25, 0.3) is 5.91 Å². The molecule has 0 aromatic carbocycles. The van der Waals surface area contributed by atoms with Gasteiger partial charge in [-0.25, -0.2) is 0 Å². The maximum absolute atomic E-state index is 12.5. The molecule has 1 aromatic rings. The molecule has 0 aliphatic carbocycles. The van der Waals surface area contributed by atoms with Crippen LogP contribution in [-0.4, -0.2) is 35.4 Å². The minimum absolute atomic E-state index is 0.0515. The molecule has 0 atom stereocenters. The van der Waals surface area contributed by atoms with Crippen molar-refractivity contribution in [3.8, 4) is 11.8 Å². The summed E-state index contributed by atoms with van der Waals surface area (Å²) in [6, 6.07) is 1.74. The predicted octanol–water partition coefficient (Wildman–Crippen LogP) is 1.26. The fraction of sp³-hybridized carbons (Fsp3) is 0.467. The van der Waals surface area contributed by atoms with Gasteiger partial charge in [-0.3, -0.25) is 9.78 Å². The van der Waals surface area contributed by atoms with E-state index in [0.717, 1.165) is 25.9 Å². The van der Waals surface area contributed by atoms with Crippen molar-refractivity contribution < 1.29 is 4.79 Å². The van der Waals surface area contributed by atoms with E-state index in [4.69, 9.17) is 5.73 Å². The number of pyridine rings is 1. The molecule has 2 heterocycles. The molecule has 1 amide bonds. The summed E-state index contributed by atoms with van der Waals surface area (Å²) in [5, 5.41) is 0. The molecule has 0 radical (unpaired) electrons. The third-order valence-electron chi connectivity index (χ3n) is 3.45. The van der Waals surface area contributed by atoms with Crippen LogP contribution in [0.1, 0.15) is 35.7 Å². The average molecular weight is 257 g/mol. The number of likely N-dealkylation sites (tertiary alicyclic amines) is 1. The van der Waals surface area contributed by atoms with E-state index in [1.165, 1.54) is 0 Å². The highest BCUT2D eigenvalue weighted by Gasteiger charge is 2.22. The van der Waals surface area contributed by atoms with Crippen LogP contribution in [0.3, 0.4) is 0 Å².